The van der Waals surface area contributed by atoms with E-state index in [0.29, 0.717) is 11.1 Å². The number of rotatable bonds is 4. The Balaban J connectivity index is 2.83. The van der Waals surface area contributed by atoms with Crippen molar-refractivity contribution in [2.45, 2.75) is 72.6 Å². The molecule has 0 amide bonds. The van der Waals surface area contributed by atoms with E-state index in [-0.39, 0.29) is 25.6 Å². The second kappa shape index (κ2) is 6.32. The molecule has 1 heterocycles. The molecule has 118 valence electrons. The molecule has 2 unspecified atom stereocenters. The third-order valence-electron chi connectivity index (χ3n) is 3.94. The Hall–Kier alpha value is -0.140. The minimum atomic E-state index is -0.263. The van der Waals surface area contributed by atoms with Crippen molar-refractivity contribution >= 4 is 14.0 Å². The largest absolute Gasteiger partial charge is 0.478 e. The van der Waals surface area contributed by atoms with Gasteiger partial charge in [0.2, 0.25) is 5.90 Å². The molecule has 3 nitrogen and oxygen atoms in total. The predicted octanol–water partition coefficient (Wildman–Crippen LogP) is 4.27. The molecule has 1 rings (SSSR count). The Kier molecular flexibility index (Phi) is 5.66. The molecule has 3 atom stereocenters. The van der Waals surface area contributed by atoms with Crippen molar-refractivity contribution in [1.82, 2.24) is 5.09 Å². The van der Waals surface area contributed by atoms with Crippen molar-refractivity contribution < 1.29 is 4.74 Å². The highest BCUT2D eigenvalue weighted by Crippen LogP contribution is 2.43. The van der Waals surface area contributed by atoms with Gasteiger partial charge in [-0.05, 0) is 31.2 Å². The third-order valence-corrected chi connectivity index (χ3v) is 6.62. The van der Waals surface area contributed by atoms with Crippen LogP contribution in [0, 0.1) is 11.3 Å². The average Bonchev–Trinajstić information content (AvgIpc) is 2.71. The maximum atomic E-state index is 5.93. The van der Waals surface area contributed by atoms with Gasteiger partial charge < -0.3 is 4.74 Å². The van der Waals surface area contributed by atoms with Crippen molar-refractivity contribution in [2.24, 2.45) is 16.3 Å². The fourth-order valence-electron chi connectivity index (χ4n) is 1.90. The highest BCUT2D eigenvalue weighted by Gasteiger charge is 2.35. The van der Waals surface area contributed by atoms with E-state index < -0.39 is 0 Å². The van der Waals surface area contributed by atoms with Gasteiger partial charge >= 0.3 is 0 Å². The molecule has 0 aromatic carbocycles. The molecule has 0 radical (unpaired) electrons. The average molecular weight is 300 g/mol. The zero-order chi connectivity index (χ0) is 15.7. The molecule has 0 saturated heterocycles. The highest BCUT2D eigenvalue weighted by atomic mass is 31.1. The SMILES string of the molecule is CC(C)C(NP(C)C(C)(C)C)C1=N[C@H](C(C)(C)C)CO1. The topological polar surface area (TPSA) is 33.6 Å². The minimum Gasteiger partial charge on any atom is -0.478 e. The molecule has 1 aliphatic rings. The van der Waals surface area contributed by atoms with E-state index in [4.69, 9.17) is 9.73 Å². The molecular formula is C16H33N2OP. The van der Waals surface area contributed by atoms with Crippen molar-refractivity contribution in [3.05, 3.63) is 0 Å². The van der Waals surface area contributed by atoms with E-state index in [1.54, 1.807) is 0 Å². The number of hydrogen-bond donors (Lipinski definition) is 1. The number of hydrogen-bond acceptors (Lipinski definition) is 3. The Bertz CT molecular complexity index is 352. The van der Waals surface area contributed by atoms with Crippen LogP contribution in [0.3, 0.4) is 0 Å². The standard InChI is InChI=1S/C16H33N2OP/c1-11(2)13(18-20(9)16(6,7)8)14-17-12(10-19-14)15(3,4)5/h11-13,18H,10H2,1-9H3/t12-,13?,20?/m0/s1. The van der Waals surface area contributed by atoms with Crippen LogP contribution >= 0.6 is 8.07 Å². The lowest BCUT2D eigenvalue weighted by atomic mass is 9.88. The van der Waals surface area contributed by atoms with Gasteiger partial charge in [0.05, 0.1) is 12.1 Å². The van der Waals surface area contributed by atoms with Crippen molar-refractivity contribution in [3.63, 3.8) is 0 Å². The maximum Gasteiger partial charge on any atom is 0.201 e. The zero-order valence-corrected chi connectivity index (χ0v) is 15.6. The smallest absolute Gasteiger partial charge is 0.201 e. The van der Waals surface area contributed by atoms with Gasteiger partial charge in [0.25, 0.3) is 0 Å². The summed E-state index contributed by atoms with van der Waals surface area (Å²) in [6.45, 7) is 21.1. The first-order chi connectivity index (χ1) is 8.93. The summed E-state index contributed by atoms with van der Waals surface area (Å²) >= 11 is 0. The summed E-state index contributed by atoms with van der Waals surface area (Å²) in [6, 6.07) is 0.510. The quantitative estimate of drug-likeness (QED) is 0.787. The lowest BCUT2D eigenvalue weighted by Crippen LogP contribution is -2.40. The Labute approximate surface area is 126 Å². The summed E-state index contributed by atoms with van der Waals surface area (Å²) in [5.74, 6) is 1.40. The van der Waals surface area contributed by atoms with Gasteiger partial charge in [-0.15, -0.1) is 0 Å². The number of nitrogens with zero attached hydrogens (tertiary/aromatic N) is 1. The molecule has 0 aromatic heterocycles. The summed E-state index contributed by atoms with van der Waals surface area (Å²) in [7, 11) is -0.263. The Morgan fingerprint density at radius 2 is 1.75 bits per heavy atom. The summed E-state index contributed by atoms with van der Waals surface area (Å²) in [4.78, 5) is 4.86. The third kappa shape index (κ3) is 4.70. The molecule has 0 saturated carbocycles. The van der Waals surface area contributed by atoms with Crippen molar-refractivity contribution in [1.29, 1.82) is 0 Å². The minimum absolute atomic E-state index is 0.171. The summed E-state index contributed by atoms with van der Waals surface area (Å²) in [5, 5.41) is 4.08. The van der Waals surface area contributed by atoms with E-state index in [0.717, 1.165) is 12.5 Å². The highest BCUT2D eigenvalue weighted by molar-refractivity contribution is 7.56. The molecule has 1 N–H and O–H groups in total. The summed E-state index contributed by atoms with van der Waals surface area (Å²) < 4.78 is 5.93. The maximum absolute atomic E-state index is 5.93. The fourth-order valence-corrected chi connectivity index (χ4v) is 3.11. The number of aliphatic imine (C=N–C) groups is 1. The van der Waals surface area contributed by atoms with Crippen LogP contribution in [0.4, 0.5) is 0 Å². The van der Waals surface area contributed by atoms with Crippen LogP contribution in [0.2, 0.25) is 0 Å². The lowest BCUT2D eigenvalue weighted by Gasteiger charge is -2.33. The van der Waals surface area contributed by atoms with Gasteiger partial charge in [0, 0.05) is 0 Å². The molecule has 0 spiro atoms. The van der Waals surface area contributed by atoms with E-state index in [1.165, 1.54) is 0 Å². The zero-order valence-electron chi connectivity index (χ0n) is 14.7. The van der Waals surface area contributed by atoms with Crippen LogP contribution in [-0.2, 0) is 4.74 Å². The van der Waals surface area contributed by atoms with Crippen LogP contribution in [0.15, 0.2) is 4.99 Å². The molecule has 0 bridgehead atoms. The van der Waals surface area contributed by atoms with E-state index >= 15 is 0 Å². The van der Waals surface area contributed by atoms with Crippen LogP contribution in [-0.4, -0.2) is 36.4 Å². The van der Waals surface area contributed by atoms with Crippen LogP contribution in [0.1, 0.15) is 55.4 Å². The Morgan fingerprint density at radius 1 is 1.20 bits per heavy atom. The van der Waals surface area contributed by atoms with Gasteiger partial charge in [-0.25, -0.2) is 4.99 Å². The molecule has 0 aromatic rings. The fraction of sp³-hybridized carbons (Fsp3) is 0.938. The second-order valence-corrected chi connectivity index (χ2v) is 11.0. The van der Waals surface area contributed by atoms with Gasteiger partial charge in [-0.2, -0.15) is 0 Å². The first kappa shape index (κ1) is 17.9. The van der Waals surface area contributed by atoms with Gasteiger partial charge in [0.1, 0.15) is 6.61 Å². The lowest BCUT2D eigenvalue weighted by molar-refractivity contribution is 0.228. The first-order valence-corrected chi connectivity index (χ1v) is 9.42. The van der Waals surface area contributed by atoms with E-state index in [1.807, 2.05) is 0 Å². The number of ether oxygens (including phenoxy) is 1. The first-order valence-electron chi connectivity index (χ1n) is 7.63. The summed E-state index contributed by atoms with van der Waals surface area (Å²) in [5.41, 5.74) is 0.171. The van der Waals surface area contributed by atoms with Gasteiger partial charge in [-0.3, -0.25) is 5.09 Å². The normalized spacial score (nSPS) is 23.5. The molecule has 0 fully saturated rings. The monoisotopic (exact) mass is 300 g/mol. The molecule has 20 heavy (non-hydrogen) atoms. The van der Waals surface area contributed by atoms with Crippen molar-refractivity contribution in [2.75, 3.05) is 13.3 Å². The van der Waals surface area contributed by atoms with Gasteiger partial charge in [-0.1, -0.05) is 55.4 Å². The molecule has 4 heteroatoms. The number of nitrogens with one attached hydrogen (secondary N) is 1. The van der Waals surface area contributed by atoms with E-state index in [9.17, 15) is 0 Å². The van der Waals surface area contributed by atoms with Crippen molar-refractivity contribution in [3.8, 4) is 0 Å². The van der Waals surface area contributed by atoms with E-state index in [2.05, 4.69) is 67.1 Å². The molecule has 0 aliphatic carbocycles. The van der Waals surface area contributed by atoms with Crippen LogP contribution < -0.4 is 5.09 Å². The predicted molar refractivity (Wildman–Crippen MR) is 91.0 cm³/mol. The van der Waals surface area contributed by atoms with Gasteiger partial charge in [0.15, 0.2) is 0 Å². The molecule has 1 aliphatic heterocycles. The summed E-state index contributed by atoms with van der Waals surface area (Å²) in [6.07, 6.45) is 0. The second-order valence-electron chi connectivity index (χ2n) is 8.24. The van der Waals surface area contributed by atoms with Crippen LogP contribution in [0.5, 0.6) is 0 Å². The molecular weight excluding hydrogens is 267 g/mol. The Morgan fingerprint density at radius 3 is 2.10 bits per heavy atom. The van der Waals surface area contributed by atoms with Crippen LogP contribution in [0.25, 0.3) is 0 Å².